The van der Waals surface area contributed by atoms with Crippen molar-refractivity contribution in [3.8, 4) is 0 Å². The third-order valence-electron chi connectivity index (χ3n) is 3.03. The minimum atomic E-state index is -0.281. The van der Waals surface area contributed by atoms with E-state index in [1.54, 1.807) is 0 Å². The fraction of sp³-hybridized carbons (Fsp3) is 0.455. The SMILES string of the molecule is CC(O)C1(c2ccccc2)CNC1. The second-order valence-corrected chi connectivity index (χ2v) is 3.80. The maximum Gasteiger partial charge on any atom is 0.0633 e. The van der Waals surface area contributed by atoms with Crippen molar-refractivity contribution in [3.05, 3.63) is 35.9 Å². The number of aliphatic hydroxyl groups excluding tert-OH is 1. The standard InChI is InChI=1S/C11H15NO/c1-9(13)11(7-12-8-11)10-5-3-2-4-6-10/h2-6,9,12-13H,7-8H2,1H3. The van der Waals surface area contributed by atoms with Gasteiger partial charge in [0.2, 0.25) is 0 Å². The summed E-state index contributed by atoms with van der Waals surface area (Å²) >= 11 is 0. The van der Waals surface area contributed by atoms with E-state index >= 15 is 0 Å². The molecule has 0 radical (unpaired) electrons. The van der Waals surface area contributed by atoms with Crippen molar-refractivity contribution < 1.29 is 5.11 Å². The summed E-state index contributed by atoms with van der Waals surface area (Å²) in [5.74, 6) is 0. The van der Waals surface area contributed by atoms with Crippen LogP contribution < -0.4 is 5.32 Å². The van der Waals surface area contributed by atoms with E-state index in [9.17, 15) is 5.11 Å². The van der Waals surface area contributed by atoms with Crippen LogP contribution in [0.3, 0.4) is 0 Å². The molecule has 2 nitrogen and oxygen atoms in total. The highest BCUT2D eigenvalue weighted by atomic mass is 16.3. The highest BCUT2D eigenvalue weighted by molar-refractivity contribution is 5.31. The molecule has 1 fully saturated rings. The first-order chi connectivity index (χ1) is 6.26. The maximum absolute atomic E-state index is 9.74. The van der Waals surface area contributed by atoms with Gasteiger partial charge in [0.15, 0.2) is 0 Å². The first-order valence-electron chi connectivity index (χ1n) is 4.70. The number of hydrogen-bond donors (Lipinski definition) is 2. The molecule has 1 saturated heterocycles. The molecule has 2 heteroatoms. The summed E-state index contributed by atoms with van der Waals surface area (Å²) in [5.41, 5.74) is 1.20. The summed E-state index contributed by atoms with van der Waals surface area (Å²) in [6.07, 6.45) is -0.281. The van der Waals surface area contributed by atoms with Crippen LogP contribution in [0.1, 0.15) is 12.5 Å². The molecule has 1 aromatic rings. The van der Waals surface area contributed by atoms with Crippen LogP contribution in [-0.2, 0) is 5.41 Å². The lowest BCUT2D eigenvalue weighted by molar-refractivity contribution is 0.0590. The van der Waals surface area contributed by atoms with E-state index < -0.39 is 0 Å². The predicted molar refractivity (Wildman–Crippen MR) is 52.7 cm³/mol. The molecule has 1 aromatic carbocycles. The van der Waals surface area contributed by atoms with Gasteiger partial charge < -0.3 is 10.4 Å². The van der Waals surface area contributed by atoms with Crippen LogP contribution in [0, 0.1) is 0 Å². The number of nitrogens with one attached hydrogen (secondary N) is 1. The molecular formula is C11H15NO. The zero-order valence-corrected chi connectivity index (χ0v) is 7.83. The van der Waals surface area contributed by atoms with Gasteiger partial charge in [0, 0.05) is 18.5 Å². The van der Waals surface area contributed by atoms with Gasteiger partial charge in [-0.1, -0.05) is 30.3 Å². The summed E-state index contributed by atoms with van der Waals surface area (Å²) in [6, 6.07) is 10.2. The molecule has 13 heavy (non-hydrogen) atoms. The zero-order valence-electron chi connectivity index (χ0n) is 7.83. The van der Waals surface area contributed by atoms with E-state index in [-0.39, 0.29) is 11.5 Å². The van der Waals surface area contributed by atoms with Crippen molar-refractivity contribution in [1.82, 2.24) is 5.32 Å². The van der Waals surface area contributed by atoms with Crippen molar-refractivity contribution in [1.29, 1.82) is 0 Å². The number of aliphatic hydroxyl groups is 1. The van der Waals surface area contributed by atoms with E-state index in [1.165, 1.54) is 5.56 Å². The quantitative estimate of drug-likeness (QED) is 0.703. The predicted octanol–water partition coefficient (Wildman–Crippen LogP) is 0.908. The van der Waals surface area contributed by atoms with Gasteiger partial charge >= 0.3 is 0 Å². The van der Waals surface area contributed by atoms with E-state index in [1.807, 2.05) is 25.1 Å². The fourth-order valence-electron chi connectivity index (χ4n) is 1.91. The molecule has 0 aliphatic carbocycles. The van der Waals surface area contributed by atoms with Crippen LogP contribution in [0.5, 0.6) is 0 Å². The highest BCUT2D eigenvalue weighted by Gasteiger charge is 2.42. The number of hydrogen-bond acceptors (Lipinski definition) is 2. The van der Waals surface area contributed by atoms with Crippen LogP contribution in [-0.4, -0.2) is 24.3 Å². The summed E-state index contributed by atoms with van der Waals surface area (Å²) in [7, 11) is 0. The summed E-state index contributed by atoms with van der Waals surface area (Å²) in [4.78, 5) is 0. The Balaban J connectivity index is 2.32. The Morgan fingerprint density at radius 3 is 2.31 bits per heavy atom. The lowest BCUT2D eigenvalue weighted by Gasteiger charge is -2.45. The second kappa shape index (κ2) is 3.13. The number of benzene rings is 1. The van der Waals surface area contributed by atoms with Gasteiger partial charge in [0.05, 0.1) is 6.10 Å². The monoisotopic (exact) mass is 177 g/mol. The van der Waals surface area contributed by atoms with Crippen LogP contribution in [0.4, 0.5) is 0 Å². The van der Waals surface area contributed by atoms with Crippen LogP contribution >= 0.6 is 0 Å². The van der Waals surface area contributed by atoms with Gasteiger partial charge in [-0.15, -0.1) is 0 Å². The van der Waals surface area contributed by atoms with E-state index in [4.69, 9.17) is 0 Å². The molecule has 0 amide bonds. The summed E-state index contributed by atoms with van der Waals surface area (Å²) in [5, 5.41) is 13.0. The molecule has 2 N–H and O–H groups in total. The van der Waals surface area contributed by atoms with Gasteiger partial charge in [-0.3, -0.25) is 0 Å². The molecule has 70 valence electrons. The average molecular weight is 177 g/mol. The maximum atomic E-state index is 9.74. The third-order valence-corrected chi connectivity index (χ3v) is 3.03. The normalized spacial score (nSPS) is 22.0. The minimum Gasteiger partial charge on any atom is -0.392 e. The molecular weight excluding hydrogens is 162 g/mol. The second-order valence-electron chi connectivity index (χ2n) is 3.80. The van der Waals surface area contributed by atoms with Crippen molar-refractivity contribution in [2.45, 2.75) is 18.4 Å². The Labute approximate surface area is 78.6 Å². The first kappa shape index (κ1) is 8.73. The minimum absolute atomic E-state index is 0.0404. The Morgan fingerprint density at radius 2 is 1.92 bits per heavy atom. The van der Waals surface area contributed by atoms with Gasteiger partial charge in [-0.05, 0) is 12.5 Å². The van der Waals surface area contributed by atoms with Crippen LogP contribution in [0.25, 0.3) is 0 Å². The third kappa shape index (κ3) is 1.26. The Bertz CT molecular complexity index is 277. The summed E-state index contributed by atoms with van der Waals surface area (Å²) < 4.78 is 0. The Kier molecular flexibility index (Phi) is 2.10. The summed E-state index contributed by atoms with van der Waals surface area (Å²) in [6.45, 7) is 3.64. The highest BCUT2D eigenvalue weighted by Crippen LogP contribution is 2.31. The van der Waals surface area contributed by atoms with Gasteiger partial charge in [0.25, 0.3) is 0 Å². The van der Waals surface area contributed by atoms with E-state index in [2.05, 4.69) is 17.4 Å². The van der Waals surface area contributed by atoms with Crippen LogP contribution in [0.15, 0.2) is 30.3 Å². The smallest absolute Gasteiger partial charge is 0.0633 e. The average Bonchev–Trinajstić information content (AvgIpc) is 2.03. The molecule has 0 bridgehead atoms. The molecule has 1 heterocycles. The van der Waals surface area contributed by atoms with E-state index in [0.717, 1.165) is 13.1 Å². The Hall–Kier alpha value is -0.860. The van der Waals surface area contributed by atoms with Gasteiger partial charge in [-0.2, -0.15) is 0 Å². The van der Waals surface area contributed by atoms with Crippen molar-refractivity contribution in [3.63, 3.8) is 0 Å². The Morgan fingerprint density at radius 1 is 1.31 bits per heavy atom. The molecule has 2 rings (SSSR count). The lowest BCUT2D eigenvalue weighted by Crippen LogP contribution is -2.62. The largest absolute Gasteiger partial charge is 0.392 e. The zero-order chi connectivity index (χ0) is 9.31. The molecule has 1 atom stereocenters. The molecule has 0 aromatic heterocycles. The molecule has 1 aliphatic rings. The first-order valence-corrected chi connectivity index (χ1v) is 4.70. The van der Waals surface area contributed by atoms with Gasteiger partial charge in [0.1, 0.15) is 0 Å². The van der Waals surface area contributed by atoms with Crippen molar-refractivity contribution in [2.75, 3.05) is 13.1 Å². The van der Waals surface area contributed by atoms with Crippen molar-refractivity contribution >= 4 is 0 Å². The van der Waals surface area contributed by atoms with Crippen molar-refractivity contribution in [2.24, 2.45) is 0 Å². The molecule has 0 saturated carbocycles. The lowest BCUT2D eigenvalue weighted by atomic mass is 9.71. The van der Waals surface area contributed by atoms with E-state index in [0.29, 0.717) is 0 Å². The molecule has 0 spiro atoms. The van der Waals surface area contributed by atoms with Gasteiger partial charge in [-0.25, -0.2) is 0 Å². The molecule has 1 aliphatic heterocycles. The fourth-order valence-corrected chi connectivity index (χ4v) is 1.91. The van der Waals surface area contributed by atoms with Crippen LogP contribution in [0.2, 0.25) is 0 Å². The number of rotatable bonds is 2. The topological polar surface area (TPSA) is 32.3 Å². The molecule has 1 unspecified atom stereocenters.